The van der Waals surface area contributed by atoms with Crippen LogP contribution in [-0.4, -0.2) is 44.8 Å². The normalized spacial score (nSPS) is 19.3. The molecule has 1 spiro atoms. The summed E-state index contributed by atoms with van der Waals surface area (Å²) in [5.74, 6) is 0.382. The van der Waals surface area contributed by atoms with Crippen LogP contribution in [0, 0.1) is 25.1 Å². The summed E-state index contributed by atoms with van der Waals surface area (Å²) in [6.45, 7) is 5.48. The first-order valence-corrected chi connectivity index (χ1v) is 11.6. The highest BCUT2D eigenvalue weighted by molar-refractivity contribution is 5.97. The summed E-state index contributed by atoms with van der Waals surface area (Å²) in [6, 6.07) is 8.96. The number of hydrogen-bond donors (Lipinski definition) is 0. The Bertz CT molecular complexity index is 1230. The van der Waals surface area contributed by atoms with E-state index in [-0.39, 0.29) is 29.3 Å². The molecule has 2 aliphatic carbocycles. The Morgan fingerprint density at radius 2 is 1.94 bits per heavy atom. The standard InChI is InChI=1S/C26H27FN4O2/c1-16-3-4-18(27)10-22(16)23-9-17(2)29-31(23)19-11-26(12-19)14-30(15-26)25(32)21-7-8-28-13-24(21)33-20-5-6-20/h3-4,7-10,13,19-20H,5-6,11-12,14-15H2,1-2H3. The average molecular weight is 447 g/mol. The Morgan fingerprint density at radius 3 is 2.70 bits per heavy atom. The average Bonchev–Trinajstić information content (AvgIpc) is 3.47. The Labute approximate surface area is 192 Å². The quantitative estimate of drug-likeness (QED) is 0.569. The number of aromatic nitrogens is 3. The second-order valence-electron chi connectivity index (χ2n) is 9.99. The molecule has 0 N–H and O–H groups in total. The molecule has 0 bridgehead atoms. The number of nitrogens with zero attached hydrogens (tertiary/aromatic N) is 4. The van der Waals surface area contributed by atoms with E-state index in [1.807, 2.05) is 30.9 Å². The van der Waals surface area contributed by atoms with Crippen LogP contribution < -0.4 is 4.74 Å². The van der Waals surface area contributed by atoms with Gasteiger partial charge in [0, 0.05) is 30.3 Å². The fourth-order valence-electron chi connectivity index (χ4n) is 5.33. The molecule has 1 aliphatic heterocycles. The molecule has 7 heteroatoms. The third-order valence-electron chi connectivity index (χ3n) is 7.19. The Hall–Kier alpha value is -3.22. The zero-order chi connectivity index (χ0) is 22.7. The molecule has 0 atom stereocenters. The predicted octanol–water partition coefficient (Wildman–Crippen LogP) is 4.72. The lowest BCUT2D eigenvalue weighted by Gasteiger charge is -2.59. The zero-order valence-electron chi connectivity index (χ0n) is 18.9. The van der Waals surface area contributed by atoms with E-state index < -0.39 is 0 Å². The number of carbonyl (C=O) groups is 1. The van der Waals surface area contributed by atoms with Crippen LogP contribution >= 0.6 is 0 Å². The van der Waals surface area contributed by atoms with Gasteiger partial charge in [0.15, 0.2) is 5.75 Å². The molecule has 3 heterocycles. The van der Waals surface area contributed by atoms with Gasteiger partial charge in [-0.3, -0.25) is 14.5 Å². The van der Waals surface area contributed by atoms with Gasteiger partial charge in [-0.1, -0.05) is 6.07 Å². The van der Waals surface area contributed by atoms with E-state index in [2.05, 4.69) is 9.67 Å². The summed E-state index contributed by atoms with van der Waals surface area (Å²) in [4.78, 5) is 19.1. The van der Waals surface area contributed by atoms with E-state index in [0.29, 0.717) is 11.3 Å². The van der Waals surface area contributed by atoms with Gasteiger partial charge in [0.1, 0.15) is 5.82 Å². The highest BCUT2D eigenvalue weighted by Gasteiger charge is 2.55. The molecular weight excluding hydrogens is 419 g/mol. The SMILES string of the molecule is Cc1cc(-c2cc(F)ccc2C)n(C2CC3(C2)CN(C(=O)c2ccncc2OC2CC2)C3)n1. The summed E-state index contributed by atoms with van der Waals surface area (Å²) < 4.78 is 21.9. The maximum absolute atomic E-state index is 13.9. The largest absolute Gasteiger partial charge is 0.488 e. The Morgan fingerprint density at radius 1 is 1.15 bits per heavy atom. The van der Waals surface area contributed by atoms with Gasteiger partial charge >= 0.3 is 0 Å². The fourth-order valence-corrected chi connectivity index (χ4v) is 5.33. The van der Waals surface area contributed by atoms with E-state index in [0.717, 1.165) is 61.3 Å². The lowest BCUT2D eigenvalue weighted by molar-refractivity contribution is -0.0735. The third-order valence-corrected chi connectivity index (χ3v) is 7.19. The molecule has 0 radical (unpaired) electrons. The number of rotatable bonds is 5. The minimum Gasteiger partial charge on any atom is -0.488 e. The summed E-state index contributed by atoms with van der Waals surface area (Å²) in [5.41, 5.74) is 4.58. The van der Waals surface area contributed by atoms with Crippen LogP contribution in [0.4, 0.5) is 4.39 Å². The molecule has 170 valence electrons. The smallest absolute Gasteiger partial charge is 0.257 e. The number of amides is 1. The number of hydrogen-bond acceptors (Lipinski definition) is 4. The minimum absolute atomic E-state index is 0.0214. The molecule has 6 nitrogen and oxygen atoms in total. The Balaban J connectivity index is 1.15. The van der Waals surface area contributed by atoms with Crippen molar-refractivity contribution < 1.29 is 13.9 Å². The van der Waals surface area contributed by atoms with Crippen molar-refractivity contribution in [2.75, 3.05) is 13.1 Å². The second kappa shape index (κ2) is 7.40. The molecule has 1 saturated heterocycles. The van der Waals surface area contributed by atoms with Gasteiger partial charge in [0.25, 0.3) is 5.91 Å². The van der Waals surface area contributed by atoms with Gasteiger partial charge in [-0.05, 0) is 69.4 Å². The highest BCUT2D eigenvalue weighted by atomic mass is 19.1. The number of benzene rings is 1. The van der Waals surface area contributed by atoms with E-state index in [1.54, 1.807) is 24.5 Å². The van der Waals surface area contributed by atoms with Crippen molar-refractivity contribution in [2.24, 2.45) is 5.41 Å². The van der Waals surface area contributed by atoms with E-state index >= 15 is 0 Å². The van der Waals surface area contributed by atoms with Crippen LogP contribution in [0.2, 0.25) is 0 Å². The molecule has 3 aliphatic rings. The molecule has 0 unspecified atom stereocenters. The zero-order valence-corrected chi connectivity index (χ0v) is 18.9. The monoisotopic (exact) mass is 446 g/mol. The fraction of sp³-hybridized carbons (Fsp3) is 0.423. The maximum Gasteiger partial charge on any atom is 0.257 e. The van der Waals surface area contributed by atoms with Crippen molar-refractivity contribution in [3.05, 3.63) is 65.4 Å². The first-order chi connectivity index (χ1) is 15.9. The number of pyridine rings is 1. The lowest BCUT2D eigenvalue weighted by atomic mass is 9.60. The molecule has 2 saturated carbocycles. The van der Waals surface area contributed by atoms with Crippen molar-refractivity contribution in [1.29, 1.82) is 0 Å². The Kier molecular flexibility index (Phi) is 4.57. The summed E-state index contributed by atoms with van der Waals surface area (Å²) in [6.07, 6.45) is 7.56. The van der Waals surface area contributed by atoms with E-state index in [1.165, 1.54) is 6.07 Å². The molecule has 3 fully saturated rings. The molecule has 1 amide bonds. The summed E-state index contributed by atoms with van der Waals surface area (Å²) in [7, 11) is 0. The van der Waals surface area contributed by atoms with Gasteiger partial charge in [0.2, 0.25) is 0 Å². The van der Waals surface area contributed by atoms with Gasteiger partial charge in [-0.15, -0.1) is 0 Å². The highest BCUT2D eigenvalue weighted by Crippen LogP contribution is 2.55. The number of halogens is 1. The second-order valence-corrected chi connectivity index (χ2v) is 9.99. The number of likely N-dealkylation sites (tertiary alicyclic amines) is 1. The van der Waals surface area contributed by atoms with Crippen molar-refractivity contribution in [2.45, 2.75) is 51.7 Å². The minimum atomic E-state index is -0.236. The molecule has 2 aromatic heterocycles. The topological polar surface area (TPSA) is 60.2 Å². The lowest BCUT2D eigenvalue weighted by Crippen LogP contribution is -2.63. The molecule has 33 heavy (non-hydrogen) atoms. The first-order valence-electron chi connectivity index (χ1n) is 11.6. The van der Waals surface area contributed by atoms with Gasteiger partial charge in [0.05, 0.1) is 35.3 Å². The van der Waals surface area contributed by atoms with Crippen LogP contribution in [0.5, 0.6) is 5.75 Å². The number of ether oxygens (including phenoxy) is 1. The van der Waals surface area contributed by atoms with Crippen LogP contribution in [0.3, 0.4) is 0 Å². The van der Waals surface area contributed by atoms with Gasteiger partial charge in [-0.2, -0.15) is 5.10 Å². The van der Waals surface area contributed by atoms with Crippen molar-refractivity contribution >= 4 is 5.91 Å². The summed E-state index contributed by atoms with van der Waals surface area (Å²) >= 11 is 0. The van der Waals surface area contributed by atoms with Crippen molar-refractivity contribution in [3.63, 3.8) is 0 Å². The molecular formula is C26H27FN4O2. The molecule has 3 aromatic rings. The van der Waals surface area contributed by atoms with Crippen LogP contribution in [0.1, 0.15) is 53.3 Å². The van der Waals surface area contributed by atoms with E-state index in [9.17, 15) is 9.18 Å². The van der Waals surface area contributed by atoms with Crippen LogP contribution in [0.15, 0.2) is 42.7 Å². The molecule has 1 aromatic carbocycles. The van der Waals surface area contributed by atoms with Crippen molar-refractivity contribution in [1.82, 2.24) is 19.7 Å². The maximum atomic E-state index is 13.9. The van der Waals surface area contributed by atoms with E-state index in [4.69, 9.17) is 9.84 Å². The van der Waals surface area contributed by atoms with Crippen LogP contribution in [0.25, 0.3) is 11.3 Å². The number of carbonyl (C=O) groups excluding carboxylic acids is 1. The first kappa shape index (κ1) is 20.4. The van der Waals surface area contributed by atoms with Gasteiger partial charge in [-0.25, -0.2) is 4.39 Å². The molecule has 6 rings (SSSR count). The third kappa shape index (κ3) is 3.59. The summed E-state index contributed by atoms with van der Waals surface area (Å²) in [5, 5.41) is 4.74. The van der Waals surface area contributed by atoms with Crippen LogP contribution in [-0.2, 0) is 0 Å². The van der Waals surface area contributed by atoms with Gasteiger partial charge < -0.3 is 9.64 Å². The van der Waals surface area contributed by atoms with Crippen molar-refractivity contribution in [3.8, 4) is 17.0 Å². The predicted molar refractivity (Wildman–Crippen MR) is 122 cm³/mol. The number of aryl methyl sites for hydroxylation is 2.